The SMILES string of the molecule is C[C@H](NC(=O)[C@H](C)NC(=O)[C@H](NC(=O)C[O])c1ccccc1)C(=O)O. The number of nitrogens with one attached hydrogen (secondary N) is 3. The molecule has 0 unspecified atom stereocenters. The molecular weight excluding hydrogens is 330 g/mol. The number of benzene rings is 1. The lowest BCUT2D eigenvalue weighted by Gasteiger charge is -2.21. The minimum Gasteiger partial charge on any atom is -0.480 e. The summed E-state index contributed by atoms with van der Waals surface area (Å²) >= 11 is 0. The Labute approximate surface area is 144 Å². The molecule has 1 aromatic carbocycles. The molecule has 3 amide bonds. The van der Waals surface area contributed by atoms with Crippen LogP contribution in [0.5, 0.6) is 0 Å². The largest absolute Gasteiger partial charge is 0.480 e. The molecule has 0 aliphatic heterocycles. The summed E-state index contributed by atoms with van der Waals surface area (Å²) in [6.45, 7) is 1.62. The topological polar surface area (TPSA) is 144 Å². The van der Waals surface area contributed by atoms with E-state index < -0.39 is 48.4 Å². The molecule has 1 radical (unpaired) electrons. The highest BCUT2D eigenvalue weighted by atomic mass is 16.4. The van der Waals surface area contributed by atoms with E-state index in [0.29, 0.717) is 5.56 Å². The third-order valence-corrected chi connectivity index (χ3v) is 3.31. The molecule has 0 aliphatic rings. The van der Waals surface area contributed by atoms with E-state index >= 15 is 0 Å². The summed E-state index contributed by atoms with van der Waals surface area (Å²) in [7, 11) is 0. The van der Waals surface area contributed by atoms with Crippen LogP contribution in [0.25, 0.3) is 0 Å². The summed E-state index contributed by atoms with van der Waals surface area (Å²) in [4.78, 5) is 46.4. The lowest BCUT2D eigenvalue weighted by molar-refractivity contribution is -0.141. The second-order valence-corrected chi connectivity index (χ2v) is 5.35. The first kappa shape index (κ1) is 20.1. The first-order valence-electron chi connectivity index (χ1n) is 7.52. The Balaban J connectivity index is 2.82. The Morgan fingerprint density at radius 2 is 1.48 bits per heavy atom. The highest BCUT2D eigenvalue weighted by Crippen LogP contribution is 2.13. The van der Waals surface area contributed by atoms with E-state index in [1.165, 1.54) is 13.8 Å². The van der Waals surface area contributed by atoms with Crippen LogP contribution in [0.1, 0.15) is 25.5 Å². The van der Waals surface area contributed by atoms with Gasteiger partial charge < -0.3 is 21.1 Å². The van der Waals surface area contributed by atoms with Gasteiger partial charge in [-0.15, -0.1) is 0 Å². The third kappa shape index (κ3) is 6.22. The van der Waals surface area contributed by atoms with Crippen molar-refractivity contribution < 1.29 is 29.4 Å². The normalized spacial score (nSPS) is 13.9. The molecule has 0 saturated carbocycles. The Kier molecular flexibility index (Phi) is 7.54. The molecule has 0 saturated heterocycles. The van der Waals surface area contributed by atoms with E-state index in [0.717, 1.165) is 0 Å². The van der Waals surface area contributed by atoms with Gasteiger partial charge in [0.1, 0.15) is 18.1 Å². The molecule has 0 spiro atoms. The lowest BCUT2D eigenvalue weighted by Crippen LogP contribution is -2.52. The second-order valence-electron chi connectivity index (χ2n) is 5.35. The van der Waals surface area contributed by atoms with Crippen LogP contribution in [0.15, 0.2) is 30.3 Å². The number of hydrogen-bond acceptors (Lipinski definition) is 4. The standard InChI is InChI=1S/C16H20N3O6/c1-9(14(22)18-10(2)16(24)25)17-15(23)13(19-12(21)8-20)11-6-4-3-5-7-11/h3-7,9-10,13H,8H2,1-2H3,(H,17,23)(H,18,22)(H,19,21)(H,24,25)/t9-,10-,13+/m0/s1. The van der Waals surface area contributed by atoms with E-state index in [-0.39, 0.29) is 0 Å². The molecule has 9 nitrogen and oxygen atoms in total. The number of hydrogen-bond donors (Lipinski definition) is 4. The molecule has 0 fully saturated rings. The average Bonchev–Trinajstić information content (AvgIpc) is 2.59. The number of aliphatic carboxylic acids is 1. The van der Waals surface area contributed by atoms with E-state index in [1.807, 2.05) is 0 Å². The van der Waals surface area contributed by atoms with Crippen molar-refractivity contribution in [1.82, 2.24) is 16.0 Å². The minimum absolute atomic E-state index is 0.438. The molecule has 25 heavy (non-hydrogen) atoms. The Hall–Kier alpha value is -2.94. The molecule has 9 heteroatoms. The van der Waals surface area contributed by atoms with Crippen LogP contribution in [0.2, 0.25) is 0 Å². The minimum atomic E-state index is -1.21. The highest BCUT2D eigenvalue weighted by Gasteiger charge is 2.26. The van der Waals surface area contributed by atoms with Gasteiger partial charge in [-0.2, -0.15) is 0 Å². The van der Waals surface area contributed by atoms with Crippen LogP contribution in [-0.2, 0) is 24.3 Å². The number of carbonyl (C=O) groups excluding carboxylic acids is 3. The number of carboxylic acids is 1. The first-order chi connectivity index (χ1) is 11.8. The summed E-state index contributed by atoms with van der Waals surface area (Å²) in [5.74, 6) is -3.46. The summed E-state index contributed by atoms with van der Waals surface area (Å²) in [6.07, 6.45) is 0. The molecule has 0 aromatic heterocycles. The summed E-state index contributed by atoms with van der Waals surface area (Å²) in [5, 5.41) is 26.4. The molecular formula is C16H20N3O6. The van der Waals surface area contributed by atoms with Crippen molar-refractivity contribution in [3.8, 4) is 0 Å². The number of carboxylic acid groups (broad SMARTS) is 1. The van der Waals surface area contributed by atoms with E-state index in [4.69, 9.17) is 5.11 Å². The molecule has 1 rings (SSSR count). The first-order valence-corrected chi connectivity index (χ1v) is 7.52. The monoisotopic (exact) mass is 350 g/mol. The fourth-order valence-corrected chi connectivity index (χ4v) is 1.91. The van der Waals surface area contributed by atoms with E-state index in [9.17, 15) is 24.3 Å². The van der Waals surface area contributed by atoms with Gasteiger partial charge in [-0.25, -0.2) is 5.11 Å². The van der Waals surface area contributed by atoms with E-state index in [1.54, 1.807) is 30.3 Å². The molecule has 4 N–H and O–H groups in total. The predicted molar refractivity (Wildman–Crippen MR) is 85.7 cm³/mol. The fraction of sp³-hybridized carbons (Fsp3) is 0.375. The van der Waals surface area contributed by atoms with Gasteiger partial charge in [-0.1, -0.05) is 30.3 Å². The molecule has 0 heterocycles. The number of rotatable bonds is 8. The average molecular weight is 350 g/mol. The van der Waals surface area contributed by atoms with Gasteiger partial charge in [0.05, 0.1) is 0 Å². The zero-order valence-corrected chi connectivity index (χ0v) is 13.8. The maximum Gasteiger partial charge on any atom is 0.325 e. The van der Waals surface area contributed by atoms with Crippen molar-refractivity contribution in [3.63, 3.8) is 0 Å². The maximum atomic E-state index is 12.4. The zero-order chi connectivity index (χ0) is 19.0. The van der Waals surface area contributed by atoms with Gasteiger partial charge in [0.2, 0.25) is 17.7 Å². The lowest BCUT2D eigenvalue weighted by atomic mass is 10.1. The van der Waals surface area contributed by atoms with Crippen LogP contribution in [0.4, 0.5) is 0 Å². The zero-order valence-electron chi connectivity index (χ0n) is 13.8. The fourth-order valence-electron chi connectivity index (χ4n) is 1.91. The summed E-state index contributed by atoms with van der Waals surface area (Å²) in [6, 6.07) is 4.92. The van der Waals surface area contributed by atoms with Crippen LogP contribution in [0, 0.1) is 0 Å². The van der Waals surface area contributed by atoms with Gasteiger partial charge in [0.25, 0.3) is 0 Å². The van der Waals surface area contributed by atoms with Crippen molar-refractivity contribution in [2.24, 2.45) is 0 Å². The van der Waals surface area contributed by atoms with Crippen molar-refractivity contribution >= 4 is 23.7 Å². The van der Waals surface area contributed by atoms with Crippen molar-refractivity contribution in [2.45, 2.75) is 32.0 Å². The Bertz CT molecular complexity index is 634. The molecule has 0 bridgehead atoms. The highest BCUT2D eigenvalue weighted by molar-refractivity contribution is 5.93. The van der Waals surface area contributed by atoms with Crippen LogP contribution < -0.4 is 16.0 Å². The summed E-state index contributed by atoms with van der Waals surface area (Å²) < 4.78 is 0. The maximum absolute atomic E-state index is 12.4. The van der Waals surface area contributed by atoms with Gasteiger partial charge in [0.15, 0.2) is 6.61 Å². The van der Waals surface area contributed by atoms with Crippen LogP contribution in [0.3, 0.4) is 0 Å². The Morgan fingerprint density at radius 3 is 2.00 bits per heavy atom. The molecule has 0 aliphatic carbocycles. The molecule has 1 aromatic rings. The number of carbonyl (C=O) groups is 4. The van der Waals surface area contributed by atoms with E-state index in [2.05, 4.69) is 16.0 Å². The third-order valence-electron chi connectivity index (χ3n) is 3.31. The van der Waals surface area contributed by atoms with Crippen LogP contribution >= 0.6 is 0 Å². The molecule has 3 atom stereocenters. The van der Waals surface area contributed by atoms with Gasteiger partial charge >= 0.3 is 5.97 Å². The van der Waals surface area contributed by atoms with Crippen molar-refractivity contribution in [1.29, 1.82) is 0 Å². The molecule has 135 valence electrons. The van der Waals surface area contributed by atoms with Gasteiger partial charge in [0, 0.05) is 0 Å². The smallest absolute Gasteiger partial charge is 0.325 e. The number of amides is 3. The van der Waals surface area contributed by atoms with Crippen molar-refractivity contribution in [2.75, 3.05) is 6.61 Å². The second kappa shape index (κ2) is 9.38. The summed E-state index contributed by atoms with van der Waals surface area (Å²) in [5.41, 5.74) is 0.438. The van der Waals surface area contributed by atoms with Crippen molar-refractivity contribution in [3.05, 3.63) is 35.9 Å². The predicted octanol–water partition coefficient (Wildman–Crippen LogP) is -0.632. The Morgan fingerprint density at radius 1 is 0.920 bits per heavy atom. The van der Waals surface area contributed by atoms with Gasteiger partial charge in [-0.05, 0) is 19.4 Å². The van der Waals surface area contributed by atoms with Crippen LogP contribution in [-0.4, -0.2) is 47.5 Å². The quantitative estimate of drug-likeness (QED) is 0.493. The van der Waals surface area contributed by atoms with Gasteiger partial charge in [-0.3, -0.25) is 19.2 Å².